The van der Waals surface area contributed by atoms with E-state index in [4.69, 9.17) is 9.15 Å². The van der Waals surface area contributed by atoms with Crippen LogP contribution in [0.4, 0.5) is 0 Å². The number of methoxy groups -OCH3 is 1. The van der Waals surface area contributed by atoms with Crippen molar-refractivity contribution in [1.29, 1.82) is 0 Å². The largest absolute Gasteiger partial charge is 0.495 e. The van der Waals surface area contributed by atoms with E-state index in [0.717, 1.165) is 22.4 Å². The van der Waals surface area contributed by atoms with E-state index in [1.165, 1.54) is 0 Å². The molecule has 2 aromatic heterocycles. The number of furan rings is 1. The summed E-state index contributed by atoms with van der Waals surface area (Å²) in [5, 5.41) is 3.88. The summed E-state index contributed by atoms with van der Waals surface area (Å²) in [5.41, 5.74) is 0.924. The zero-order valence-electron chi connectivity index (χ0n) is 11.7. The molecule has 0 aliphatic heterocycles. The van der Waals surface area contributed by atoms with Crippen LogP contribution in [0.1, 0.15) is 5.76 Å². The number of hydrogen-bond acceptors (Lipinski definition) is 3. The Morgan fingerprint density at radius 1 is 1.29 bits per heavy atom. The number of carbonyl (C=O) groups excluding carboxylic acids is 1. The highest BCUT2D eigenvalue weighted by Crippen LogP contribution is 2.26. The summed E-state index contributed by atoms with van der Waals surface area (Å²) in [5.74, 6) is 1.42. The van der Waals surface area contributed by atoms with Crippen LogP contribution in [-0.4, -0.2) is 17.6 Å². The smallest absolute Gasteiger partial charge is 0.240 e. The number of nitrogens with zero attached hydrogens (tertiary/aromatic N) is 1. The first-order valence-corrected chi connectivity index (χ1v) is 6.69. The van der Waals surface area contributed by atoms with E-state index in [0.29, 0.717) is 6.54 Å². The van der Waals surface area contributed by atoms with E-state index in [1.807, 2.05) is 41.1 Å². The normalized spacial score (nSPS) is 10.7. The third-order valence-corrected chi connectivity index (χ3v) is 3.33. The number of hydrogen-bond donors (Lipinski definition) is 1. The first kappa shape index (κ1) is 13.3. The topological polar surface area (TPSA) is 56.4 Å². The van der Waals surface area contributed by atoms with Gasteiger partial charge in [-0.3, -0.25) is 4.79 Å². The Balaban J connectivity index is 1.74. The van der Waals surface area contributed by atoms with Gasteiger partial charge in [-0.05, 0) is 24.3 Å². The molecule has 0 aliphatic rings. The van der Waals surface area contributed by atoms with Crippen LogP contribution in [-0.2, 0) is 17.9 Å². The maximum Gasteiger partial charge on any atom is 0.240 e. The monoisotopic (exact) mass is 284 g/mol. The molecule has 3 aromatic rings. The molecular weight excluding hydrogens is 268 g/mol. The molecule has 0 spiro atoms. The van der Waals surface area contributed by atoms with Gasteiger partial charge in [-0.25, -0.2) is 0 Å². The number of amides is 1. The Kier molecular flexibility index (Phi) is 3.64. The van der Waals surface area contributed by atoms with Gasteiger partial charge in [0, 0.05) is 11.6 Å². The number of rotatable bonds is 5. The van der Waals surface area contributed by atoms with Crippen LogP contribution >= 0.6 is 0 Å². The molecule has 0 saturated heterocycles. The predicted octanol–water partition coefficient (Wildman–Crippen LogP) is 2.56. The summed E-state index contributed by atoms with van der Waals surface area (Å²) in [6.45, 7) is 0.632. The second-order valence-electron chi connectivity index (χ2n) is 4.70. The van der Waals surface area contributed by atoms with E-state index < -0.39 is 0 Å². The predicted molar refractivity (Wildman–Crippen MR) is 79.0 cm³/mol. The fraction of sp³-hybridized carbons (Fsp3) is 0.188. The van der Waals surface area contributed by atoms with Crippen LogP contribution in [0.2, 0.25) is 0 Å². The number of benzene rings is 1. The minimum Gasteiger partial charge on any atom is -0.495 e. The van der Waals surface area contributed by atoms with E-state index in [-0.39, 0.29) is 12.5 Å². The van der Waals surface area contributed by atoms with Crippen molar-refractivity contribution in [3.8, 4) is 5.75 Å². The number of para-hydroxylation sites is 1. The molecule has 108 valence electrons. The second-order valence-corrected chi connectivity index (χ2v) is 4.70. The van der Waals surface area contributed by atoms with Crippen LogP contribution in [0.5, 0.6) is 5.75 Å². The number of carbonyl (C=O) groups is 1. The Hall–Kier alpha value is -2.69. The Bertz CT molecular complexity index is 744. The van der Waals surface area contributed by atoms with Gasteiger partial charge in [0.2, 0.25) is 5.91 Å². The highest BCUT2D eigenvalue weighted by atomic mass is 16.5. The zero-order valence-corrected chi connectivity index (χ0v) is 11.7. The van der Waals surface area contributed by atoms with Gasteiger partial charge in [-0.15, -0.1) is 0 Å². The standard InChI is InChI=1S/C16H16N2O3/c1-20-14-6-2-4-12-7-8-18(16(12)14)11-15(19)17-10-13-5-3-9-21-13/h2-9H,10-11H2,1H3,(H,17,19). The van der Waals surface area contributed by atoms with Crippen molar-refractivity contribution < 1.29 is 13.9 Å². The lowest BCUT2D eigenvalue weighted by Gasteiger charge is -2.09. The Labute approximate surface area is 122 Å². The molecule has 0 fully saturated rings. The van der Waals surface area contributed by atoms with Crippen molar-refractivity contribution in [2.24, 2.45) is 0 Å². The van der Waals surface area contributed by atoms with Crippen molar-refractivity contribution in [3.05, 3.63) is 54.6 Å². The van der Waals surface area contributed by atoms with Gasteiger partial charge in [0.25, 0.3) is 0 Å². The van der Waals surface area contributed by atoms with Crippen molar-refractivity contribution in [3.63, 3.8) is 0 Å². The van der Waals surface area contributed by atoms with Crippen LogP contribution in [0, 0.1) is 0 Å². The molecule has 0 bridgehead atoms. The molecule has 3 rings (SSSR count). The van der Waals surface area contributed by atoms with Gasteiger partial charge < -0.3 is 19.0 Å². The third-order valence-electron chi connectivity index (χ3n) is 3.33. The van der Waals surface area contributed by atoms with Crippen LogP contribution < -0.4 is 10.1 Å². The Morgan fingerprint density at radius 2 is 2.19 bits per heavy atom. The molecule has 0 aliphatic carbocycles. The summed E-state index contributed by atoms with van der Waals surface area (Å²) in [4.78, 5) is 12.0. The van der Waals surface area contributed by atoms with Crippen molar-refractivity contribution in [1.82, 2.24) is 9.88 Å². The molecular formula is C16H16N2O3. The molecule has 1 amide bonds. The lowest BCUT2D eigenvalue weighted by Crippen LogP contribution is -2.26. The molecule has 0 atom stereocenters. The molecule has 0 unspecified atom stereocenters. The summed E-state index contributed by atoms with van der Waals surface area (Å²) in [6, 6.07) is 11.4. The molecule has 0 saturated carbocycles. The second kappa shape index (κ2) is 5.75. The van der Waals surface area contributed by atoms with Gasteiger partial charge in [-0.1, -0.05) is 12.1 Å². The number of ether oxygens (including phenoxy) is 1. The fourth-order valence-electron chi connectivity index (χ4n) is 2.33. The van der Waals surface area contributed by atoms with Crippen LogP contribution in [0.25, 0.3) is 10.9 Å². The number of aromatic nitrogens is 1. The average Bonchev–Trinajstić information content (AvgIpc) is 3.15. The lowest BCUT2D eigenvalue weighted by atomic mass is 10.2. The van der Waals surface area contributed by atoms with Gasteiger partial charge in [0.15, 0.2) is 0 Å². The highest BCUT2D eigenvalue weighted by Gasteiger charge is 2.10. The maximum absolute atomic E-state index is 12.0. The number of fused-ring (bicyclic) bond motifs is 1. The van der Waals surface area contributed by atoms with Crippen LogP contribution in [0.15, 0.2) is 53.3 Å². The zero-order chi connectivity index (χ0) is 14.7. The van der Waals surface area contributed by atoms with Gasteiger partial charge >= 0.3 is 0 Å². The molecule has 1 N–H and O–H groups in total. The SMILES string of the molecule is COc1cccc2ccn(CC(=O)NCc3ccco3)c12. The maximum atomic E-state index is 12.0. The lowest BCUT2D eigenvalue weighted by molar-refractivity contribution is -0.121. The fourth-order valence-corrected chi connectivity index (χ4v) is 2.33. The molecule has 5 heteroatoms. The van der Waals surface area contributed by atoms with E-state index in [2.05, 4.69) is 5.32 Å². The average molecular weight is 284 g/mol. The molecule has 2 heterocycles. The molecule has 0 radical (unpaired) electrons. The first-order chi connectivity index (χ1) is 10.3. The summed E-state index contributed by atoms with van der Waals surface area (Å²) < 4.78 is 12.4. The first-order valence-electron chi connectivity index (χ1n) is 6.69. The van der Waals surface area contributed by atoms with Gasteiger partial charge in [0.05, 0.1) is 25.4 Å². The molecule has 21 heavy (non-hydrogen) atoms. The van der Waals surface area contributed by atoms with Gasteiger partial charge in [0.1, 0.15) is 18.1 Å². The quantitative estimate of drug-likeness (QED) is 0.783. The summed E-state index contributed by atoms with van der Waals surface area (Å²) in [7, 11) is 1.63. The third kappa shape index (κ3) is 2.76. The summed E-state index contributed by atoms with van der Waals surface area (Å²) >= 11 is 0. The van der Waals surface area contributed by atoms with E-state index in [9.17, 15) is 4.79 Å². The van der Waals surface area contributed by atoms with E-state index >= 15 is 0 Å². The minimum atomic E-state index is -0.0743. The number of nitrogens with one attached hydrogen (secondary N) is 1. The molecule has 5 nitrogen and oxygen atoms in total. The van der Waals surface area contributed by atoms with Crippen molar-refractivity contribution in [2.75, 3.05) is 7.11 Å². The van der Waals surface area contributed by atoms with Crippen LogP contribution in [0.3, 0.4) is 0 Å². The Morgan fingerprint density at radius 3 is 2.95 bits per heavy atom. The summed E-state index contributed by atoms with van der Waals surface area (Å²) in [6.07, 6.45) is 3.48. The van der Waals surface area contributed by atoms with E-state index in [1.54, 1.807) is 19.4 Å². The minimum absolute atomic E-state index is 0.0743. The van der Waals surface area contributed by atoms with Gasteiger partial charge in [-0.2, -0.15) is 0 Å². The highest BCUT2D eigenvalue weighted by molar-refractivity contribution is 5.87. The van der Waals surface area contributed by atoms with Crippen molar-refractivity contribution >= 4 is 16.8 Å². The van der Waals surface area contributed by atoms with Crippen molar-refractivity contribution in [2.45, 2.75) is 13.1 Å². The molecule has 1 aromatic carbocycles.